The van der Waals surface area contributed by atoms with Gasteiger partial charge in [-0.2, -0.15) is 0 Å². The van der Waals surface area contributed by atoms with Gasteiger partial charge in [0.1, 0.15) is 12.1 Å². The van der Waals surface area contributed by atoms with Crippen molar-refractivity contribution in [2.24, 2.45) is 0 Å². The van der Waals surface area contributed by atoms with Crippen molar-refractivity contribution in [2.75, 3.05) is 0 Å². The Kier molecular flexibility index (Phi) is 2.62. The van der Waals surface area contributed by atoms with Gasteiger partial charge in [0.2, 0.25) is 0 Å². The van der Waals surface area contributed by atoms with Gasteiger partial charge in [0.05, 0.1) is 5.52 Å². The number of nitrogens with zero attached hydrogens (tertiary/aromatic N) is 4. The van der Waals surface area contributed by atoms with Gasteiger partial charge in [-0.1, -0.05) is 11.6 Å². The fourth-order valence-electron chi connectivity index (χ4n) is 2.30. The van der Waals surface area contributed by atoms with Gasteiger partial charge in [0.15, 0.2) is 11.5 Å². The van der Waals surface area contributed by atoms with Crippen LogP contribution in [0.3, 0.4) is 0 Å². The van der Waals surface area contributed by atoms with Crippen LogP contribution in [-0.2, 0) is 0 Å². The molecule has 0 bridgehead atoms. The van der Waals surface area contributed by atoms with E-state index in [1.165, 1.54) is 12.1 Å². The van der Waals surface area contributed by atoms with Crippen LogP contribution in [0.4, 0.5) is 4.39 Å². The highest BCUT2D eigenvalue weighted by atomic mass is 35.5. The van der Waals surface area contributed by atoms with E-state index in [2.05, 4.69) is 15.2 Å². The molecule has 0 saturated heterocycles. The molecule has 0 saturated carbocycles. The molecular weight excluding hydrogens is 291 g/mol. The first-order valence-corrected chi connectivity index (χ1v) is 6.65. The van der Waals surface area contributed by atoms with Crippen LogP contribution in [0.1, 0.15) is 0 Å². The molecular formula is C15H8ClFN4. The van der Waals surface area contributed by atoms with Gasteiger partial charge < -0.3 is 0 Å². The Labute approximate surface area is 123 Å². The number of fused-ring (bicyclic) bond motifs is 3. The third kappa shape index (κ3) is 1.94. The Morgan fingerprint density at radius 1 is 1.00 bits per heavy atom. The SMILES string of the molecule is Fc1ccc2ncn3c(-c4ccc(Cl)cc4)nnc3c2c1. The normalized spacial score (nSPS) is 11.3. The first-order valence-electron chi connectivity index (χ1n) is 6.27. The molecule has 0 fully saturated rings. The van der Waals surface area contributed by atoms with Crippen LogP contribution in [-0.4, -0.2) is 19.6 Å². The van der Waals surface area contributed by atoms with Crippen molar-refractivity contribution >= 4 is 28.2 Å². The molecule has 0 aliphatic carbocycles. The fraction of sp³-hybridized carbons (Fsp3) is 0. The minimum Gasteiger partial charge on any atom is -0.265 e. The summed E-state index contributed by atoms with van der Waals surface area (Å²) in [5.74, 6) is 0.314. The van der Waals surface area contributed by atoms with E-state index in [0.717, 1.165) is 5.56 Å². The van der Waals surface area contributed by atoms with Crippen LogP contribution in [0, 0.1) is 5.82 Å². The molecule has 4 nitrogen and oxygen atoms in total. The van der Waals surface area contributed by atoms with E-state index in [-0.39, 0.29) is 5.82 Å². The second-order valence-electron chi connectivity index (χ2n) is 4.63. The Hall–Kier alpha value is -2.53. The zero-order chi connectivity index (χ0) is 14.4. The lowest BCUT2D eigenvalue weighted by Crippen LogP contribution is -1.93. The molecule has 0 unspecified atom stereocenters. The van der Waals surface area contributed by atoms with E-state index in [4.69, 9.17) is 11.6 Å². The molecule has 102 valence electrons. The zero-order valence-electron chi connectivity index (χ0n) is 10.7. The van der Waals surface area contributed by atoms with Crippen LogP contribution in [0.25, 0.3) is 27.9 Å². The van der Waals surface area contributed by atoms with Crippen molar-refractivity contribution in [1.82, 2.24) is 19.6 Å². The van der Waals surface area contributed by atoms with Crippen molar-refractivity contribution < 1.29 is 4.39 Å². The quantitative estimate of drug-likeness (QED) is 0.538. The third-order valence-corrected chi connectivity index (χ3v) is 3.56. The van der Waals surface area contributed by atoms with Crippen molar-refractivity contribution in [3.05, 3.63) is 59.6 Å². The van der Waals surface area contributed by atoms with E-state index in [1.54, 1.807) is 28.9 Å². The topological polar surface area (TPSA) is 43.1 Å². The number of benzene rings is 2. The van der Waals surface area contributed by atoms with Crippen LogP contribution < -0.4 is 0 Å². The third-order valence-electron chi connectivity index (χ3n) is 3.31. The highest BCUT2D eigenvalue weighted by Gasteiger charge is 2.11. The van der Waals surface area contributed by atoms with Crippen LogP contribution >= 0.6 is 11.6 Å². The zero-order valence-corrected chi connectivity index (χ0v) is 11.4. The monoisotopic (exact) mass is 298 g/mol. The molecule has 0 aliphatic heterocycles. The molecule has 0 radical (unpaired) electrons. The van der Waals surface area contributed by atoms with E-state index in [1.807, 2.05) is 12.1 Å². The lowest BCUT2D eigenvalue weighted by Gasteiger charge is -2.02. The van der Waals surface area contributed by atoms with Crippen molar-refractivity contribution in [2.45, 2.75) is 0 Å². The summed E-state index contributed by atoms with van der Waals surface area (Å²) >= 11 is 5.89. The summed E-state index contributed by atoms with van der Waals surface area (Å²) < 4.78 is 15.2. The highest BCUT2D eigenvalue weighted by molar-refractivity contribution is 6.30. The largest absolute Gasteiger partial charge is 0.265 e. The second kappa shape index (κ2) is 4.49. The molecule has 0 aliphatic rings. The smallest absolute Gasteiger partial charge is 0.171 e. The summed E-state index contributed by atoms with van der Waals surface area (Å²) in [7, 11) is 0. The molecule has 2 aromatic carbocycles. The van der Waals surface area contributed by atoms with Crippen LogP contribution in [0.15, 0.2) is 48.8 Å². The van der Waals surface area contributed by atoms with Crippen LogP contribution in [0.2, 0.25) is 5.02 Å². The minimum atomic E-state index is -0.326. The number of rotatable bonds is 1. The molecule has 4 rings (SSSR count). The van der Waals surface area contributed by atoms with Gasteiger partial charge in [-0.15, -0.1) is 10.2 Å². The number of halogens is 2. The average Bonchev–Trinajstić information content (AvgIpc) is 2.92. The maximum atomic E-state index is 13.4. The predicted molar refractivity (Wildman–Crippen MR) is 78.7 cm³/mol. The van der Waals surface area contributed by atoms with E-state index < -0.39 is 0 Å². The summed E-state index contributed by atoms with van der Waals surface area (Å²) in [5, 5.41) is 9.62. The predicted octanol–water partition coefficient (Wildman–Crippen LogP) is 3.74. The number of hydrogen-bond donors (Lipinski definition) is 0. The average molecular weight is 299 g/mol. The number of aromatic nitrogens is 4. The van der Waals surface area contributed by atoms with E-state index >= 15 is 0 Å². The maximum absolute atomic E-state index is 13.4. The second-order valence-corrected chi connectivity index (χ2v) is 5.07. The van der Waals surface area contributed by atoms with Crippen molar-refractivity contribution in [3.8, 4) is 11.4 Å². The molecule has 4 aromatic rings. The van der Waals surface area contributed by atoms with Gasteiger partial charge in [-0.25, -0.2) is 9.37 Å². The summed E-state index contributed by atoms with van der Waals surface area (Å²) in [4.78, 5) is 4.32. The maximum Gasteiger partial charge on any atom is 0.171 e. The van der Waals surface area contributed by atoms with Gasteiger partial charge >= 0.3 is 0 Å². The lowest BCUT2D eigenvalue weighted by atomic mass is 10.2. The Bertz CT molecular complexity index is 963. The molecule has 0 N–H and O–H groups in total. The van der Waals surface area contributed by atoms with E-state index in [0.29, 0.717) is 27.4 Å². The minimum absolute atomic E-state index is 0.326. The van der Waals surface area contributed by atoms with Gasteiger partial charge in [0, 0.05) is 16.0 Å². The molecule has 0 spiro atoms. The van der Waals surface area contributed by atoms with E-state index in [9.17, 15) is 4.39 Å². The van der Waals surface area contributed by atoms with Gasteiger partial charge in [0.25, 0.3) is 0 Å². The Balaban J connectivity index is 2.02. The molecule has 2 aromatic heterocycles. The first-order chi connectivity index (χ1) is 10.2. The fourth-order valence-corrected chi connectivity index (χ4v) is 2.43. The molecule has 0 atom stereocenters. The first kappa shape index (κ1) is 12.2. The van der Waals surface area contributed by atoms with Gasteiger partial charge in [-0.05, 0) is 42.5 Å². The summed E-state index contributed by atoms with van der Waals surface area (Å²) in [6, 6.07) is 11.7. The highest BCUT2D eigenvalue weighted by Crippen LogP contribution is 2.24. The Morgan fingerprint density at radius 2 is 1.81 bits per heavy atom. The van der Waals surface area contributed by atoms with Crippen molar-refractivity contribution in [3.63, 3.8) is 0 Å². The Morgan fingerprint density at radius 3 is 2.62 bits per heavy atom. The van der Waals surface area contributed by atoms with Gasteiger partial charge in [-0.3, -0.25) is 4.40 Å². The summed E-state index contributed by atoms with van der Waals surface area (Å²) in [5.41, 5.74) is 2.12. The number of hydrogen-bond acceptors (Lipinski definition) is 3. The van der Waals surface area contributed by atoms with Crippen molar-refractivity contribution in [1.29, 1.82) is 0 Å². The lowest BCUT2D eigenvalue weighted by molar-refractivity contribution is 0.629. The molecule has 21 heavy (non-hydrogen) atoms. The molecule has 6 heteroatoms. The van der Waals surface area contributed by atoms with Crippen LogP contribution in [0.5, 0.6) is 0 Å². The molecule has 2 heterocycles. The summed E-state index contributed by atoms with van der Waals surface area (Å²) in [6.45, 7) is 0. The summed E-state index contributed by atoms with van der Waals surface area (Å²) in [6.07, 6.45) is 1.64. The molecule has 0 amide bonds. The standard InChI is InChI=1S/C15H8ClFN4/c16-10-3-1-9(2-4-10)14-19-20-15-12-7-11(17)5-6-13(12)18-8-21(14)15/h1-8H.